The molecule has 2 aliphatic heterocycles. The molecule has 0 saturated heterocycles. The van der Waals surface area contributed by atoms with Crippen molar-refractivity contribution < 1.29 is 36.1 Å². The van der Waals surface area contributed by atoms with Crippen LogP contribution in [-0.2, 0) is 36.1 Å². The molecule has 3 aromatic heterocycles. The molecule has 7 aromatic rings. The number of benzene rings is 4. The molecule has 8 bridgehead atoms. The van der Waals surface area contributed by atoms with Crippen LogP contribution in [0.3, 0.4) is 0 Å². The number of aromatic amines is 2. The van der Waals surface area contributed by atoms with Crippen molar-refractivity contribution in [3.8, 4) is 45.6 Å². The van der Waals surface area contributed by atoms with Crippen molar-refractivity contribution in [2.24, 2.45) is 0 Å². The molecule has 12 nitrogen and oxygen atoms in total. The van der Waals surface area contributed by atoms with Gasteiger partial charge < -0.3 is 24.2 Å². The van der Waals surface area contributed by atoms with Gasteiger partial charge in [0.25, 0.3) is 0 Å². The van der Waals surface area contributed by atoms with E-state index in [4.69, 9.17) is 44.1 Å². The van der Waals surface area contributed by atoms with Crippen molar-refractivity contribution in [1.29, 1.82) is 0 Å². The molecule has 55 heavy (non-hydrogen) atoms. The number of esters is 1. The molecule has 2 N–H and O–H groups in total. The molecule has 0 spiro atoms. The van der Waals surface area contributed by atoms with E-state index in [9.17, 15) is 4.79 Å². The maximum absolute atomic E-state index is 11.0. The largest absolute Gasteiger partial charge is 0.457 e. The number of rotatable bonds is 7. The molecular weight excluding hydrogens is 744 g/mol. The fourth-order valence-corrected chi connectivity index (χ4v) is 6.46. The van der Waals surface area contributed by atoms with Gasteiger partial charge in [0.2, 0.25) is 0 Å². The van der Waals surface area contributed by atoms with Crippen molar-refractivity contribution in [2.75, 3.05) is 26.9 Å². The Labute approximate surface area is 327 Å². The standard InChI is InChI=1S/C32H18N8.C10H20O4.Cu/c1-2-10-18-17(9-1)25-33-26(18)38-28-21-13-5-6-14-22(21)30(35-28)40-32-24-16-8-7-15-23(24)31(36-32)39-29-20-12-4-3-11-19(20)27(34-29)37-25;1-5-9(11)14-10(2,3)8-13-7-6-12-4;/h1-16H,(H2,33,34,35,36,37,38,39,40);5-8H2,1-4H3;. The van der Waals surface area contributed by atoms with Gasteiger partial charge in [-0.2, -0.15) is 0 Å². The van der Waals surface area contributed by atoms with Gasteiger partial charge in [-0.15, -0.1) is 0 Å². The van der Waals surface area contributed by atoms with Gasteiger partial charge in [0.1, 0.15) is 28.2 Å². The molecule has 1 radical (unpaired) electrons. The Bertz CT molecular complexity index is 2390. The molecule has 0 atom stereocenters. The minimum Gasteiger partial charge on any atom is -0.457 e. The Balaban J connectivity index is 0.000000268. The van der Waals surface area contributed by atoms with Crippen molar-refractivity contribution in [3.05, 3.63) is 97.1 Å². The van der Waals surface area contributed by atoms with Gasteiger partial charge in [0.05, 0.1) is 19.8 Å². The number of methoxy groups -OCH3 is 1. The van der Waals surface area contributed by atoms with E-state index in [1.54, 1.807) is 14.0 Å². The predicted octanol–water partition coefficient (Wildman–Crippen LogP) is 8.25. The van der Waals surface area contributed by atoms with Crippen LogP contribution in [0.2, 0.25) is 0 Å². The third kappa shape index (κ3) is 7.60. The van der Waals surface area contributed by atoms with Gasteiger partial charge in [0, 0.05) is 74.4 Å². The predicted molar refractivity (Wildman–Crippen MR) is 209 cm³/mol. The Morgan fingerprint density at radius 1 is 0.564 bits per heavy atom. The average Bonchev–Trinajstić information content (AvgIpc) is 3.92. The molecular formula is C42H38CuN8O4. The number of carbonyl (C=O) groups is 1. The van der Waals surface area contributed by atoms with Crippen LogP contribution in [0.15, 0.2) is 97.1 Å². The Hall–Kier alpha value is -5.85. The van der Waals surface area contributed by atoms with E-state index in [1.165, 1.54) is 0 Å². The van der Waals surface area contributed by atoms with Gasteiger partial charge in [-0.25, -0.2) is 29.9 Å². The summed E-state index contributed by atoms with van der Waals surface area (Å²) in [6.45, 7) is 6.88. The third-order valence-corrected chi connectivity index (χ3v) is 9.02. The van der Waals surface area contributed by atoms with E-state index < -0.39 is 5.60 Å². The van der Waals surface area contributed by atoms with E-state index in [0.717, 1.165) is 43.8 Å². The summed E-state index contributed by atoms with van der Waals surface area (Å²) in [5.74, 6) is 2.19. The third-order valence-electron chi connectivity index (χ3n) is 9.02. The number of hydrogen-bond acceptors (Lipinski definition) is 10. The molecule has 0 aliphatic carbocycles. The maximum atomic E-state index is 11.0. The number of fused-ring (bicyclic) bond motifs is 20. The number of nitrogens with zero attached hydrogens (tertiary/aromatic N) is 6. The summed E-state index contributed by atoms with van der Waals surface area (Å²) in [5, 5.41) is 3.82. The number of H-pyrrole nitrogens is 2. The molecule has 0 amide bonds. The number of hydrogen-bond donors (Lipinski definition) is 2. The van der Waals surface area contributed by atoms with Crippen LogP contribution in [-0.4, -0.2) is 78.4 Å². The zero-order chi connectivity index (χ0) is 37.2. The fourth-order valence-electron chi connectivity index (χ4n) is 6.46. The molecule has 13 heteroatoms. The van der Waals surface area contributed by atoms with Crippen LogP contribution in [0.25, 0.3) is 89.7 Å². The zero-order valence-corrected chi connectivity index (χ0v) is 31.6. The van der Waals surface area contributed by atoms with E-state index >= 15 is 0 Å². The van der Waals surface area contributed by atoms with Gasteiger partial charge in [-0.3, -0.25) is 4.79 Å². The summed E-state index contributed by atoms with van der Waals surface area (Å²) in [4.78, 5) is 47.8. The summed E-state index contributed by atoms with van der Waals surface area (Å²) in [6, 6.07) is 32.2. The molecule has 2 aliphatic rings. The summed E-state index contributed by atoms with van der Waals surface area (Å²) >= 11 is 0. The second-order valence-corrected chi connectivity index (χ2v) is 13.4. The van der Waals surface area contributed by atoms with Crippen LogP contribution < -0.4 is 0 Å². The number of carbonyl (C=O) groups excluding carboxylic acids is 1. The molecule has 0 saturated carbocycles. The van der Waals surface area contributed by atoms with Gasteiger partial charge in [-0.05, 0) is 13.8 Å². The molecule has 9 rings (SSSR count). The van der Waals surface area contributed by atoms with E-state index in [-0.39, 0.29) is 23.0 Å². The van der Waals surface area contributed by atoms with E-state index in [0.29, 0.717) is 72.1 Å². The molecule has 281 valence electrons. The minimum atomic E-state index is -0.555. The van der Waals surface area contributed by atoms with Gasteiger partial charge in [0.15, 0.2) is 23.3 Å². The van der Waals surface area contributed by atoms with Crippen LogP contribution >= 0.6 is 0 Å². The van der Waals surface area contributed by atoms with Gasteiger partial charge >= 0.3 is 5.97 Å². The Morgan fingerprint density at radius 2 is 0.909 bits per heavy atom. The first kappa shape index (κ1) is 37.5. The second kappa shape index (κ2) is 15.9. The Kier molecular flexibility index (Phi) is 10.8. The maximum Gasteiger partial charge on any atom is 0.306 e. The molecule has 0 unspecified atom stereocenters. The van der Waals surface area contributed by atoms with Crippen molar-refractivity contribution in [3.63, 3.8) is 0 Å². The van der Waals surface area contributed by atoms with Crippen LogP contribution in [0.5, 0.6) is 0 Å². The first-order valence-corrected chi connectivity index (χ1v) is 17.8. The first-order valence-electron chi connectivity index (χ1n) is 17.8. The number of aromatic nitrogens is 8. The van der Waals surface area contributed by atoms with E-state index in [1.807, 2.05) is 111 Å². The summed E-state index contributed by atoms with van der Waals surface area (Å²) < 4.78 is 15.3. The summed E-state index contributed by atoms with van der Waals surface area (Å²) in [6.07, 6.45) is 0.390. The molecule has 0 fully saturated rings. The molecule has 5 heterocycles. The van der Waals surface area contributed by atoms with Crippen molar-refractivity contribution >= 4 is 50.1 Å². The average molecular weight is 782 g/mol. The van der Waals surface area contributed by atoms with Crippen LogP contribution in [0.1, 0.15) is 27.2 Å². The fraction of sp³-hybridized carbons (Fsp3) is 0.214. The quantitative estimate of drug-likeness (QED) is 0.0918. The first-order chi connectivity index (χ1) is 26.3. The summed E-state index contributed by atoms with van der Waals surface area (Å²) in [7, 11) is 1.62. The smallest absolute Gasteiger partial charge is 0.306 e. The number of ether oxygens (including phenoxy) is 3. The number of nitrogens with one attached hydrogen (secondary N) is 2. The normalized spacial score (nSPS) is 11.6. The SMILES string of the molecule is CCC(=O)OC(C)(C)COCCOC.[Cu].c1ccc2c(c1)-c1nc-2nc2[nH]c(nc3nc(nc4[nH]c(n1)c1ccccc41)-c1ccccc1-3)c1ccccc21. The van der Waals surface area contributed by atoms with Crippen molar-refractivity contribution in [2.45, 2.75) is 32.8 Å². The minimum absolute atomic E-state index is 0. The van der Waals surface area contributed by atoms with Crippen LogP contribution in [0, 0.1) is 0 Å². The topological polar surface area (TPSA) is 154 Å². The van der Waals surface area contributed by atoms with Crippen LogP contribution in [0.4, 0.5) is 0 Å². The van der Waals surface area contributed by atoms with E-state index in [2.05, 4.69) is 9.97 Å². The monoisotopic (exact) mass is 781 g/mol. The van der Waals surface area contributed by atoms with Gasteiger partial charge in [-0.1, -0.05) is 104 Å². The van der Waals surface area contributed by atoms with Crippen molar-refractivity contribution in [1.82, 2.24) is 39.9 Å². The zero-order valence-electron chi connectivity index (χ0n) is 30.7. The summed E-state index contributed by atoms with van der Waals surface area (Å²) in [5.41, 5.74) is 5.89. The molecule has 4 aromatic carbocycles. The Morgan fingerprint density at radius 3 is 1.24 bits per heavy atom. The second-order valence-electron chi connectivity index (χ2n) is 13.4.